The molecule has 3 atom stereocenters. The number of sulfonamides is 1. The Kier molecular flexibility index (Phi) is 5.78. The zero-order valence-corrected chi connectivity index (χ0v) is 15.4. The molecule has 1 heterocycles. The quantitative estimate of drug-likeness (QED) is 0.832. The maximum Gasteiger partial charge on any atom is 0.416 e. The number of hydrogen-bond donors (Lipinski definition) is 1. The maximum absolute atomic E-state index is 12.9. The summed E-state index contributed by atoms with van der Waals surface area (Å²) in [5, 5.41) is 0. The number of benzene rings is 1. The molecule has 4 nitrogen and oxygen atoms in total. The van der Waals surface area contributed by atoms with Crippen LogP contribution in [0.3, 0.4) is 0 Å². The zero-order chi connectivity index (χ0) is 17.7. The van der Waals surface area contributed by atoms with Gasteiger partial charge in [0.1, 0.15) is 0 Å². The number of hydrogen-bond acceptors (Lipinski definition) is 3. The van der Waals surface area contributed by atoms with Crippen LogP contribution < -0.4 is 5.73 Å². The second-order valence-corrected chi connectivity index (χ2v) is 8.73. The molecular weight excluding hydrogens is 377 g/mol. The van der Waals surface area contributed by atoms with Gasteiger partial charge in [-0.2, -0.15) is 17.5 Å². The second-order valence-electron chi connectivity index (χ2n) is 6.82. The van der Waals surface area contributed by atoms with Crippen LogP contribution >= 0.6 is 12.4 Å². The van der Waals surface area contributed by atoms with E-state index in [0.717, 1.165) is 37.5 Å². The van der Waals surface area contributed by atoms with Gasteiger partial charge in [0.15, 0.2) is 0 Å². The van der Waals surface area contributed by atoms with Crippen molar-refractivity contribution in [3.8, 4) is 0 Å². The molecule has 2 aliphatic rings. The molecule has 1 aliphatic carbocycles. The average molecular weight is 399 g/mol. The van der Waals surface area contributed by atoms with Gasteiger partial charge in [-0.1, -0.05) is 6.42 Å². The van der Waals surface area contributed by atoms with Crippen LogP contribution in [0.25, 0.3) is 0 Å². The van der Waals surface area contributed by atoms with Crippen molar-refractivity contribution in [2.75, 3.05) is 13.1 Å². The van der Waals surface area contributed by atoms with Crippen LogP contribution in [-0.2, 0) is 16.2 Å². The van der Waals surface area contributed by atoms with Gasteiger partial charge in [0.25, 0.3) is 0 Å². The normalized spacial score (nSPS) is 27.6. The largest absolute Gasteiger partial charge is 0.416 e. The molecule has 9 heteroatoms. The molecule has 0 radical (unpaired) electrons. The van der Waals surface area contributed by atoms with Crippen LogP contribution in [0.5, 0.6) is 0 Å². The Bertz CT molecular complexity index is 739. The van der Waals surface area contributed by atoms with Gasteiger partial charge in [0, 0.05) is 19.1 Å². The van der Waals surface area contributed by atoms with Crippen LogP contribution in [0.4, 0.5) is 13.2 Å². The molecule has 3 unspecified atom stereocenters. The standard InChI is InChI=1S/C16H21F3N2O2S.ClH/c1-10-7-12(16(17,18)19)5-6-15(10)24(22,23)21-8-11-3-2-4-14(20)13(11)9-21;/h5-7,11,13-14H,2-4,8-9,20H2,1H3;1H. The molecule has 0 aromatic heterocycles. The predicted octanol–water partition coefficient (Wildman–Crippen LogP) is 3.18. The van der Waals surface area contributed by atoms with E-state index in [4.69, 9.17) is 5.73 Å². The first kappa shape index (κ1) is 20.5. The Morgan fingerprint density at radius 1 is 1.20 bits per heavy atom. The molecule has 0 amide bonds. The number of nitrogens with zero attached hydrogens (tertiary/aromatic N) is 1. The third-order valence-corrected chi connectivity index (χ3v) is 7.23. The molecule has 0 spiro atoms. The number of rotatable bonds is 2. The molecule has 3 rings (SSSR count). The fourth-order valence-electron chi connectivity index (χ4n) is 3.93. The molecule has 142 valence electrons. The molecular formula is C16H22ClF3N2O2S. The van der Waals surface area contributed by atoms with Crippen molar-refractivity contribution in [1.29, 1.82) is 0 Å². The molecule has 2 N–H and O–H groups in total. The lowest BCUT2D eigenvalue weighted by atomic mass is 9.78. The first-order chi connectivity index (χ1) is 11.1. The molecule has 0 bridgehead atoms. The van der Waals surface area contributed by atoms with E-state index in [1.54, 1.807) is 0 Å². The highest BCUT2D eigenvalue weighted by atomic mass is 35.5. The highest BCUT2D eigenvalue weighted by molar-refractivity contribution is 7.89. The van der Waals surface area contributed by atoms with E-state index in [2.05, 4.69) is 0 Å². The number of alkyl halides is 3. The fourth-order valence-corrected chi connectivity index (χ4v) is 5.67. The number of fused-ring (bicyclic) bond motifs is 1. The minimum Gasteiger partial charge on any atom is -0.327 e. The monoisotopic (exact) mass is 398 g/mol. The molecule has 25 heavy (non-hydrogen) atoms. The highest BCUT2D eigenvalue weighted by Gasteiger charge is 2.43. The molecule has 1 aromatic carbocycles. The lowest BCUT2D eigenvalue weighted by Crippen LogP contribution is -2.38. The summed E-state index contributed by atoms with van der Waals surface area (Å²) >= 11 is 0. The number of nitrogens with two attached hydrogens (primary N) is 1. The van der Waals surface area contributed by atoms with Gasteiger partial charge >= 0.3 is 6.18 Å². The van der Waals surface area contributed by atoms with Crippen molar-refractivity contribution in [3.63, 3.8) is 0 Å². The van der Waals surface area contributed by atoms with E-state index in [1.807, 2.05) is 0 Å². The lowest BCUT2D eigenvalue weighted by molar-refractivity contribution is -0.137. The van der Waals surface area contributed by atoms with Crippen molar-refractivity contribution in [2.24, 2.45) is 17.6 Å². The van der Waals surface area contributed by atoms with Gasteiger partial charge in [0.2, 0.25) is 10.0 Å². The van der Waals surface area contributed by atoms with Crippen LogP contribution in [0.2, 0.25) is 0 Å². The van der Waals surface area contributed by atoms with E-state index in [0.29, 0.717) is 13.1 Å². The second kappa shape index (κ2) is 7.06. The van der Waals surface area contributed by atoms with E-state index < -0.39 is 21.8 Å². The Hall–Kier alpha value is -0.830. The lowest BCUT2D eigenvalue weighted by Gasteiger charge is -2.29. The highest BCUT2D eigenvalue weighted by Crippen LogP contribution is 2.39. The maximum atomic E-state index is 12.9. The van der Waals surface area contributed by atoms with Crippen molar-refractivity contribution in [2.45, 2.75) is 43.3 Å². The first-order valence-corrected chi connectivity index (χ1v) is 9.48. The first-order valence-electron chi connectivity index (χ1n) is 8.04. The minimum absolute atomic E-state index is 0. The van der Waals surface area contributed by atoms with Crippen molar-refractivity contribution < 1.29 is 21.6 Å². The summed E-state index contributed by atoms with van der Waals surface area (Å²) in [4.78, 5) is -0.0530. The Labute approximate surface area is 152 Å². The number of aryl methyl sites for hydroxylation is 1. The van der Waals surface area contributed by atoms with E-state index in [9.17, 15) is 21.6 Å². The zero-order valence-electron chi connectivity index (χ0n) is 13.8. The molecule has 1 aromatic rings. The Balaban J connectivity index is 0.00000225. The van der Waals surface area contributed by atoms with E-state index >= 15 is 0 Å². The minimum atomic E-state index is -4.48. The summed E-state index contributed by atoms with van der Waals surface area (Å²) < 4.78 is 65.4. The molecule has 1 saturated carbocycles. The smallest absolute Gasteiger partial charge is 0.327 e. The fraction of sp³-hybridized carbons (Fsp3) is 0.625. The molecule has 1 aliphatic heterocycles. The van der Waals surface area contributed by atoms with Crippen LogP contribution in [0, 0.1) is 18.8 Å². The predicted molar refractivity (Wildman–Crippen MR) is 91.0 cm³/mol. The van der Waals surface area contributed by atoms with Gasteiger partial charge in [-0.25, -0.2) is 8.42 Å². The van der Waals surface area contributed by atoms with Gasteiger partial charge in [-0.15, -0.1) is 12.4 Å². The van der Waals surface area contributed by atoms with Gasteiger partial charge in [0.05, 0.1) is 10.5 Å². The summed E-state index contributed by atoms with van der Waals surface area (Å²) in [5.74, 6) is 0.390. The van der Waals surface area contributed by atoms with Crippen molar-refractivity contribution >= 4 is 22.4 Å². The molecule has 2 fully saturated rings. The summed E-state index contributed by atoms with van der Waals surface area (Å²) in [6.07, 6.45) is -1.64. The van der Waals surface area contributed by atoms with Crippen molar-refractivity contribution in [1.82, 2.24) is 4.31 Å². The molecule has 1 saturated heterocycles. The Morgan fingerprint density at radius 2 is 1.88 bits per heavy atom. The summed E-state index contributed by atoms with van der Waals surface area (Å²) in [6.45, 7) is 2.16. The van der Waals surface area contributed by atoms with Crippen LogP contribution in [-0.4, -0.2) is 31.9 Å². The van der Waals surface area contributed by atoms with Gasteiger partial charge < -0.3 is 5.73 Å². The SMILES string of the molecule is Cc1cc(C(F)(F)F)ccc1S(=O)(=O)N1CC2CCCC(N)C2C1.Cl. The summed E-state index contributed by atoms with van der Waals surface area (Å²) in [6, 6.07) is 2.78. The number of halogens is 4. The van der Waals surface area contributed by atoms with Crippen LogP contribution in [0.1, 0.15) is 30.4 Å². The Morgan fingerprint density at radius 3 is 2.44 bits per heavy atom. The summed E-state index contributed by atoms with van der Waals surface area (Å²) in [7, 11) is -3.80. The average Bonchev–Trinajstić information content (AvgIpc) is 2.92. The van der Waals surface area contributed by atoms with Gasteiger partial charge in [-0.05, 0) is 55.4 Å². The third kappa shape index (κ3) is 3.82. The van der Waals surface area contributed by atoms with Gasteiger partial charge in [-0.3, -0.25) is 0 Å². The third-order valence-electron chi connectivity index (χ3n) is 5.24. The summed E-state index contributed by atoms with van der Waals surface area (Å²) in [5.41, 5.74) is 5.39. The van der Waals surface area contributed by atoms with E-state index in [-0.39, 0.29) is 40.7 Å². The van der Waals surface area contributed by atoms with Crippen molar-refractivity contribution in [3.05, 3.63) is 29.3 Å². The topological polar surface area (TPSA) is 63.4 Å². The van der Waals surface area contributed by atoms with Crippen LogP contribution in [0.15, 0.2) is 23.1 Å². The van der Waals surface area contributed by atoms with E-state index in [1.165, 1.54) is 11.2 Å².